The Hall–Kier alpha value is -1.72. The second kappa shape index (κ2) is 8.22. The van der Waals surface area contributed by atoms with E-state index in [0.29, 0.717) is 11.0 Å². The molecule has 3 nitrogen and oxygen atoms in total. The minimum Gasteiger partial charge on any atom is -0.331 e. The maximum Gasteiger partial charge on any atom is 0.191 e. The summed E-state index contributed by atoms with van der Waals surface area (Å²) in [7, 11) is 0. The molecule has 0 bridgehead atoms. The molecule has 0 radical (unpaired) electrons. The first-order valence-corrected chi connectivity index (χ1v) is 8.63. The molecule has 120 valence electrons. The zero-order valence-corrected chi connectivity index (χ0v) is 15.8. The van der Waals surface area contributed by atoms with E-state index in [1.807, 2.05) is 43.3 Å². The fourth-order valence-electron chi connectivity index (χ4n) is 2.02. The summed E-state index contributed by atoms with van der Waals surface area (Å²) >= 11 is 8.73. The van der Waals surface area contributed by atoms with Gasteiger partial charge in [0.15, 0.2) is 5.11 Å². The largest absolute Gasteiger partial charge is 0.331 e. The monoisotopic (exact) mass is 389 g/mol. The van der Waals surface area contributed by atoms with Crippen molar-refractivity contribution in [2.24, 2.45) is 5.10 Å². The van der Waals surface area contributed by atoms with Crippen molar-refractivity contribution in [3.05, 3.63) is 64.1 Å². The number of nitrogens with zero attached hydrogens (tertiary/aromatic N) is 1. The molecule has 0 amide bonds. The van der Waals surface area contributed by atoms with Gasteiger partial charge in [-0.05, 0) is 60.5 Å². The van der Waals surface area contributed by atoms with E-state index in [0.717, 1.165) is 21.4 Å². The van der Waals surface area contributed by atoms with Crippen molar-refractivity contribution in [3.63, 3.8) is 0 Å². The number of halogens is 1. The van der Waals surface area contributed by atoms with Crippen LogP contribution in [-0.2, 0) is 0 Å². The average molecular weight is 390 g/mol. The van der Waals surface area contributed by atoms with Gasteiger partial charge in [0.1, 0.15) is 0 Å². The van der Waals surface area contributed by atoms with Crippen molar-refractivity contribution in [1.82, 2.24) is 5.43 Å². The zero-order valence-electron chi connectivity index (χ0n) is 13.4. The van der Waals surface area contributed by atoms with E-state index in [9.17, 15) is 0 Å². The van der Waals surface area contributed by atoms with Gasteiger partial charge in [-0.25, -0.2) is 0 Å². The summed E-state index contributed by atoms with van der Waals surface area (Å²) in [6.45, 7) is 6.29. The smallest absolute Gasteiger partial charge is 0.191 e. The molecule has 2 N–H and O–H groups in total. The van der Waals surface area contributed by atoms with Crippen LogP contribution in [0.3, 0.4) is 0 Å². The van der Waals surface area contributed by atoms with E-state index < -0.39 is 0 Å². The molecule has 0 aromatic heterocycles. The summed E-state index contributed by atoms with van der Waals surface area (Å²) in [5.41, 5.74) is 7.03. The molecule has 5 heteroatoms. The summed E-state index contributed by atoms with van der Waals surface area (Å²) in [6.07, 6.45) is 0. The number of nitrogens with one attached hydrogen (secondary N) is 2. The van der Waals surface area contributed by atoms with Crippen LogP contribution in [0.4, 0.5) is 5.69 Å². The fraction of sp³-hybridized carbons (Fsp3) is 0.222. The van der Waals surface area contributed by atoms with Gasteiger partial charge in [-0.2, -0.15) is 5.10 Å². The van der Waals surface area contributed by atoms with Crippen LogP contribution in [0.1, 0.15) is 37.8 Å². The molecule has 0 heterocycles. The van der Waals surface area contributed by atoms with Gasteiger partial charge in [0.05, 0.1) is 5.71 Å². The molecule has 2 aromatic carbocycles. The van der Waals surface area contributed by atoms with E-state index in [1.165, 1.54) is 5.56 Å². The predicted molar refractivity (Wildman–Crippen MR) is 106 cm³/mol. The standard InChI is InChI=1S/C18H20BrN3S/c1-12(2)14-7-9-17(10-8-14)20-18(23)22-21-13(3)15-5-4-6-16(19)11-15/h4-12H,1-3H3,(H2,20,22,23)/b21-13-. The Kier molecular flexibility index (Phi) is 6.30. The van der Waals surface area contributed by atoms with E-state index >= 15 is 0 Å². The molecule has 0 atom stereocenters. The molecule has 0 saturated carbocycles. The Balaban J connectivity index is 1.95. The topological polar surface area (TPSA) is 36.4 Å². The maximum absolute atomic E-state index is 5.28. The van der Waals surface area contributed by atoms with Crippen LogP contribution in [0.2, 0.25) is 0 Å². The second-order valence-electron chi connectivity index (χ2n) is 5.55. The number of hydrogen-bond donors (Lipinski definition) is 2. The lowest BCUT2D eigenvalue weighted by molar-refractivity contribution is 0.867. The normalized spacial score (nSPS) is 11.4. The van der Waals surface area contributed by atoms with Crippen molar-refractivity contribution in [1.29, 1.82) is 0 Å². The number of hydrogen-bond acceptors (Lipinski definition) is 2. The van der Waals surface area contributed by atoms with Crippen molar-refractivity contribution in [2.45, 2.75) is 26.7 Å². The Bertz CT molecular complexity index is 708. The fourth-order valence-corrected chi connectivity index (χ4v) is 2.59. The van der Waals surface area contributed by atoms with E-state index in [-0.39, 0.29) is 0 Å². The van der Waals surface area contributed by atoms with Crippen molar-refractivity contribution < 1.29 is 0 Å². The number of thiocarbonyl (C=S) groups is 1. The summed E-state index contributed by atoms with van der Waals surface area (Å²) < 4.78 is 1.02. The molecule has 0 aliphatic heterocycles. The highest BCUT2D eigenvalue weighted by Crippen LogP contribution is 2.17. The summed E-state index contributed by atoms with van der Waals surface area (Å²) in [5, 5.41) is 7.92. The SMILES string of the molecule is C/C(=N/NC(=S)Nc1ccc(C(C)C)cc1)c1cccc(Br)c1. The number of anilines is 1. The van der Waals surface area contributed by atoms with Crippen LogP contribution in [0.15, 0.2) is 58.1 Å². The second-order valence-corrected chi connectivity index (χ2v) is 6.87. The molecule has 0 unspecified atom stereocenters. The Morgan fingerprint density at radius 3 is 2.43 bits per heavy atom. The third kappa shape index (κ3) is 5.44. The van der Waals surface area contributed by atoms with E-state index in [4.69, 9.17) is 12.2 Å². The van der Waals surface area contributed by atoms with E-state index in [1.54, 1.807) is 0 Å². The Labute approximate surface area is 151 Å². The minimum atomic E-state index is 0.469. The average Bonchev–Trinajstić information content (AvgIpc) is 2.53. The lowest BCUT2D eigenvalue weighted by Crippen LogP contribution is -2.24. The Morgan fingerprint density at radius 1 is 1.13 bits per heavy atom. The first-order valence-electron chi connectivity index (χ1n) is 7.43. The summed E-state index contributed by atoms with van der Waals surface area (Å²) in [5.74, 6) is 0.520. The lowest BCUT2D eigenvalue weighted by Gasteiger charge is -2.10. The van der Waals surface area contributed by atoms with Crippen LogP contribution in [0.5, 0.6) is 0 Å². The van der Waals surface area contributed by atoms with Crippen LogP contribution in [0.25, 0.3) is 0 Å². The highest BCUT2D eigenvalue weighted by molar-refractivity contribution is 9.10. The molecule has 2 aromatic rings. The van der Waals surface area contributed by atoms with Gasteiger partial charge in [0.2, 0.25) is 0 Å². The lowest BCUT2D eigenvalue weighted by atomic mass is 10.0. The maximum atomic E-state index is 5.28. The van der Waals surface area contributed by atoms with E-state index in [2.05, 4.69) is 57.8 Å². The summed E-state index contributed by atoms with van der Waals surface area (Å²) in [4.78, 5) is 0. The molecular formula is C18H20BrN3S. The van der Waals surface area contributed by atoms with Gasteiger partial charge in [-0.15, -0.1) is 0 Å². The van der Waals surface area contributed by atoms with Crippen LogP contribution in [-0.4, -0.2) is 10.8 Å². The molecular weight excluding hydrogens is 370 g/mol. The van der Waals surface area contributed by atoms with Crippen LogP contribution in [0, 0.1) is 0 Å². The van der Waals surface area contributed by atoms with Gasteiger partial charge in [-0.3, -0.25) is 5.43 Å². The van der Waals surface area contributed by atoms with Gasteiger partial charge in [-0.1, -0.05) is 54.0 Å². The van der Waals surface area contributed by atoms with Crippen LogP contribution >= 0.6 is 28.1 Å². The van der Waals surface area contributed by atoms with Crippen molar-refractivity contribution in [3.8, 4) is 0 Å². The third-order valence-corrected chi connectivity index (χ3v) is 4.09. The van der Waals surface area contributed by atoms with Crippen molar-refractivity contribution in [2.75, 3.05) is 5.32 Å². The quantitative estimate of drug-likeness (QED) is 0.424. The highest BCUT2D eigenvalue weighted by Gasteiger charge is 2.01. The van der Waals surface area contributed by atoms with Gasteiger partial charge < -0.3 is 5.32 Å². The molecule has 2 rings (SSSR count). The molecule has 0 spiro atoms. The molecule has 0 fully saturated rings. The first-order chi connectivity index (χ1) is 11.0. The van der Waals surface area contributed by atoms with Gasteiger partial charge in [0, 0.05) is 10.2 Å². The summed E-state index contributed by atoms with van der Waals surface area (Å²) in [6, 6.07) is 16.2. The third-order valence-electron chi connectivity index (χ3n) is 3.40. The highest BCUT2D eigenvalue weighted by atomic mass is 79.9. The first kappa shape index (κ1) is 17.6. The number of rotatable bonds is 4. The number of hydrazone groups is 1. The molecule has 23 heavy (non-hydrogen) atoms. The van der Waals surface area contributed by atoms with Gasteiger partial charge in [0.25, 0.3) is 0 Å². The predicted octanol–water partition coefficient (Wildman–Crippen LogP) is 5.28. The molecule has 0 aliphatic carbocycles. The molecule has 0 saturated heterocycles. The minimum absolute atomic E-state index is 0.469. The number of benzene rings is 2. The Morgan fingerprint density at radius 2 is 1.83 bits per heavy atom. The zero-order chi connectivity index (χ0) is 16.8. The molecule has 0 aliphatic rings. The van der Waals surface area contributed by atoms with Crippen LogP contribution < -0.4 is 10.7 Å². The van der Waals surface area contributed by atoms with Gasteiger partial charge >= 0.3 is 0 Å². The van der Waals surface area contributed by atoms with Crippen molar-refractivity contribution >= 4 is 44.7 Å².